The molecule has 118 valence electrons. The molecule has 0 aromatic heterocycles. The van der Waals surface area contributed by atoms with Crippen LogP contribution < -0.4 is 10.1 Å². The van der Waals surface area contributed by atoms with Gasteiger partial charge >= 0.3 is 0 Å². The number of ether oxygens (including phenoxy) is 2. The third-order valence-corrected chi connectivity index (χ3v) is 4.34. The highest BCUT2D eigenvalue weighted by atomic mass is 16.5. The van der Waals surface area contributed by atoms with Crippen LogP contribution in [0.3, 0.4) is 0 Å². The van der Waals surface area contributed by atoms with E-state index in [0.717, 1.165) is 5.75 Å². The normalized spacial score (nSPS) is 17.7. The van der Waals surface area contributed by atoms with E-state index in [1.54, 1.807) is 0 Å². The first-order valence-electron chi connectivity index (χ1n) is 8.29. The lowest BCUT2D eigenvalue weighted by atomic mass is 9.98. The monoisotopic (exact) mass is 291 g/mol. The minimum atomic E-state index is 0.342. The molecule has 3 heteroatoms. The molecular formula is C18H29NO2. The fraction of sp³-hybridized carbons (Fsp3) is 0.667. The Morgan fingerprint density at radius 3 is 2.67 bits per heavy atom. The highest BCUT2D eigenvalue weighted by Gasteiger charge is 2.15. The quantitative estimate of drug-likeness (QED) is 0.816. The predicted octanol–water partition coefficient (Wildman–Crippen LogP) is 4.22. The summed E-state index contributed by atoms with van der Waals surface area (Å²) in [6.45, 7) is 5.54. The van der Waals surface area contributed by atoms with Gasteiger partial charge in [-0.25, -0.2) is 0 Å². The molecule has 0 heterocycles. The molecular weight excluding hydrogens is 262 g/mol. The first-order chi connectivity index (χ1) is 10.2. The zero-order valence-corrected chi connectivity index (χ0v) is 13.7. The topological polar surface area (TPSA) is 30.5 Å². The molecule has 2 rings (SSSR count). The maximum Gasteiger partial charge on any atom is 0.124 e. The Balaban J connectivity index is 2.05. The van der Waals surface area contributed by atoms with E-state index in [0.29, 0.717) is 25.4 Å². The van der Waals surface area contributed by atoms with Gasteiger partial charge in [0.05, 0.1) is 19.3 Å². The highest BCUT2D eigenvalue weighted by molar-refractivity contribution is 5.38. The molecule has 1 N–H and O–H groups in total. The molecule has 1 unspecified atom stereocenters. The van der Waals surface area contributed by atoms with Gasteiger partial charge in [0.1, 0.15) is 5.75 Å². The summed E-state index contributed by atoms with van der Waals surface area (Å²) in [5.74, 6) is 0.959. The van der Waals surface area contributed by atoms with E-state index in [1.807, 2.05) is 14.0 Å². The van der Waals surface area contributed by atoms with Crippen molar-refractivity contribution < 1.29 is 9.47 Å². The van der Waals surface area contributed by atoms with Crippen molar-refractivity contribution in [2.75, 3.05) is 13.7 Å². The van der Waals surface area contributed by atoms with Gasteiger partial charge in [0, 0.05) is 11.6 Å². The molecule has 1 saturated carbocycles. The van der Waals surface area contributed by atoms with Gasteiger partial charge in [0.2, 0.25) is 0 Å². The van der Waals surface area contributed by atoms with E-state index >= 15 is 0 Å². The molecule has 3 nitrogen and oxygen atoms in total. The summed E-state index contributed by atoms with van der Waals surface area (Å²) in [7, 11) is 1.99. The first-order valence-corrected chi connectivity index (χ1v) is 8.29. The van der Waals surface area contributed by atoms with Crippen molar-refractivity contribution in [3.63, 3.8) is 0 Å². The van der Waals surface area contributed by atoms with Crippen molar-refractivity contribution in [2.24, 2.45) is 0 Å². The molecule has 0 aliphatic heterocycles. The summed E-state index contributed by atoms with van der Waals surface area (Å²) in [6, 6.07) is 6.77. The molecule has 0 spiro atoms. The Hall–Kier alpha value is -1.06. The maximum absolute atomic E-state index is 6.12. The largest absolute Gasteiger partial charge is 0.494 e. The summed E-state index contributed by atoms with van der Waals surface area (Å²) in [6.07, 6.45) is 6.81. The van der Waals surface area contributed by atoms with Crippen LogP contribution in [0.25, 0.3) is 0 Å². The lowest BCUT2D eigenvalue weighted by Crippen LogP contribution is -2.17. The Kier molecular flexibility index (Phi) is 6.52. The molecule has 0 bridgehead atoms. The second-order valence-corrected chi connectivity index (χ2v) is 5.88. The SMILES string of the molecule is CCOc1ccc(C(C)NC)cc1COC1CCCCC1. The lowest BCUT2D eigenvalue weighted by molar-refractivity contribution is 0.0158. The second-order valence-electron chi connectivity index (χ2n) is 5.88. The fourth-order valence-corrected chi connectivity index (χ4v) is 2.88. The Morgan fingerprint density at radius 2 is 2.00 bits per heavy atom. The van der Waals surface area contributed by atoms with Gasteiger partial charge < -0.3 is 14.8 Å². The van der Waals surface area contributed by atoms with E-state index in [1.165, 1.54) is 43.2 Å². The van der Waals surface area contributed by atoms with Crippen molar-refractivity contribution in [2.45, 2.75) is 64.7 Å². The third kappa shape index (κ3) is 4.72. The molecule has 1 atom stereocenters. The van der Waals surface area contributed by atoms with Crippen LogP contribution in [0, 0.1) is 0 Å². The molecule has 1 aliphatic rings. The van der Waals surface area contributed by atoms with Gasteiger partial charge in [-0.05, 0) is 51.4 Å². The van der Waals surface area contributed by atoms with Crippen LogP contribution in [0.2, 0.25) is 0 Å². The van der Waals surface area contributed by atoms with Crippen LogP contribution in [0.5, 0.6) is 5.75 Å². The molecule has 1 fully saturated rings. The van der Waals surface area contributed by atoms with E-state index in [2.05, 4.69) is 30.4 Å². The van der Waals surface area contributed by atoms with Gasteiger partial charge in [-0.3, -0.25) is 0 Å². The number of benzene rings is 1. The van der Waals surface area contributed by atoms with Crippen molar-refractivity contribution in [3.8, 4) is 5.75 Å². The van der Waals surface area contributed by atoms with E-state index in [4.69, 9.17) is 9.47 Å². The van der Waals surface area contributed by atoms with Crippen LogP contribution >= 0.6 is 0 Å². The van der Waals surface area contributed by atoms with Gasteiger partial charge in [-0.1, -0.05) is 25.3 Å². The molecule has 0 amide bonds. The number of nitrogens with one attached hydrogen (secondary N) is 1. The summed E-state index contributed by atoms with van der Waals surface area (Å²) in [5.41, 5.74) is 2.45. The number of rotatable bonds is 7. The van der Waals surface area contributed by atoms with Gasteiger partial charge in [0.25, 0.3) is 0 Å². The third-order valence-electron chi connectivity index (χ3n) is 4.34. The summed E-state index contributed by atoms with van der Waals surface area (Å²) in [4.78, 5) is 0. The molecule has 1 aliphatic carbocycles. The van der Waals surface area contributed by atoms with Crippen LogP contribution in [-0.4, -0.2) is 19.8 Å². The van der Waals surface area contributed by atoms with Crippen molar-refractivity contribution in [1.82, 2.24) is 5.32 Å². The molecule has 0 saturated heterocycles. The second kappa shape index (κ2) is 8.40. The molecule has 0 radical (unpaired) electrons. The Bertz CT molecular complexity index is 427. The zero-order valence-electron chi connectivity index (χ0n) is 13.7. The van der Waals surface area contributed by atoms with Crippen LogP contribution in [0.4, 0.5) is 0 Å². The van der Waals surface area contributed by atoms with Crippen LogP contribution in [-0.2, 0) is 11.3 Å². The molecule has 21 heavy (non-hydrogen) atoms. The Labute approximate surface area is 129 Å². The van der Waals surface area contributed by atoms with E-state index in [-0.39, 0.29) is 0 Å². The molecule has 1 aromatic rings. The van der Waals surface area contributed by atoms with E-state index < -0.39 is 0 Å². The average Bonchev–Trinajstić information content (AvgIpc) is 2.54. The van der Waals surface area contributed by atoms with Gasteiger partial charge in [0.15, 0.2) is 0 Å². The highest BCUT2D eigenvalue weighted by Crippen LogP contribution is 2.27. The molecule has 1 aromatic carbocycles. The van der Waals surface area contributed by atoms with Crippen molar-refractivity contribution in [3.05, 3.63) is 29.3 Å². The number of hydrogen-bond acceptors (Lipinski definition) is 3. The Morgan fingerprint density at radius 1 is 1.24 bits per heavy atom. The minimum Gasteiger partial charge on any atom is -0.494 e. The van der Waals surface area contributed by atoms with Crippen LogP contribution in [0.1, 0.15) is 63.1 Å². The fourth-order valence-electron chi connectivity index (χ4n) is 2.88. The lowest BCUT2D eigenvalue weighted by Gasteiger charge is -2.23. The number of hydrogen-bond donors (Lipinski definition) is 1. The maximum atomic E-state index is 6.12. The standard InChI is InChI=1S/C18H29NO2/c1-4-20-18-11-10-15(14(2)19-3)12-16(18)13-21-17-8-6-5-7-9-17/h10-12,14,17,19H,4-9,13H2,1-3H3. The summed E-state index contributed by atoms with van der Waals surface area (Å²) < 4.78 is 11.9. The van der Waals surface area contributed by atoms with Crippen molar-refractivity contribution >= 4 is 0 Å². The van der Waals surface area contributed by atoms with Gasteiger partial charge in [-0.2, -0.15) is 0 Å². The van der Waals surface area contributed by atoms with Crippen LogP contribution in [0.15, 0.2) is 18.2 Å². The average molecular weight is 291 g/mol. The smallest absolute Gasteiger partial charge is 0.124 e. The summed E-state index contributed by atoms with van der Waals surface area (Å²) >= 11 is 0. The zero-order chi connectivity index (χ0) is 15.1. The predicted molar refractivity (Wildman–Crippen MR) is 86.7 cm³/mol. The van der Waals surface area contributed by atoms with Crippen molar-refractivity contribution in [1.29, 1.82) is 0 Å². The minimum absolute atomic E-state index is 0.342. The first kappa shape index (κ1) is 16.3. The van der Waals surface area contributed by atoms with E-state index in [9.17, 15) is 0 Å². The van der Waals surface area contributed by atoms with Gasteiger partial charge in [-0.15, -0.1) is 0 Å². The summed E-state index contributed by atoms with van der Waals surface area (Å²) in [5, 5.41) is 3.28.